The molecule has 1 saturated carbocycles. The van der Waals surface area contributed by atoms with E-state index in [-0.39, 0.29) is 10.6 Å². The lowest BCUT2D eigenvalue weighted by atomic mass is 10.1. The highest BCUT2D eigenvalue weighted by Crippen LogP contribution is 2.36. The van der Waals surface area contributed by atoms with Crippen LogP contribution >= 0.6 is 0 Å². The van der Waals surface area contributed by atoms with Crippen molar-refractivity contribution in [1.29, 1.82) is 0 Å². The van der Waals surface area contributed by atoms with E-state index >= 15 is 0 Å². The smallest absolute Gasteiger partial charge is 0.242 e. The average molecular weight is 227 g/mol. The molecule has 2 rings (SSSR count). The molecule has 1 aromatic carbocycles. The number of phenols is 1. The number of nitrogens with two attached hydrogens (primary N) is 1. The van der Waals surface area contributed by atoms with Crippen molar-refractivity contribution in [3.8, 4) is 5.75 Å². The number of sulfonamides is 1. The van der Waals surface area contributed by atoms with Gasteiger partial charge in [-0.2, -0.15) is 0 Å². The predicted molar refractivity (Wildman–Crippen MR) is 55.9 cm³/mol. The van der Waals surface area contributed by atoms with Gasteiger partial charge in [0.2, 0.25) is 10.0 Å². The number of benzene rings is 1. The lowest BCUT2D eigenvalue weighted by Gasteiger charge is -2.08. The van der Waals surface area contributed by atoms with Gasteiger partial charge in [-0.1, -0.05) is 12.1 Å². The molecule has 0 aliphatic heterocycles. The number of phenolic OH excluding ortho intramolecular Hbond substituents is 1. The van der Waals surface area contributed by atoms with Gasteiger partial charge in [0.25, 0.3) is 0 Å². The van der Waals surface area contributed by atoms with Gasteiger partial charge in [-0.25, -0.2) is 13.6 Å². The largest absolute Gasteiger partial charge is 0.507 e. The molecule has 0 atom stereocenters. The normalized spacial score (nSPS) is 16.6. The zero-order valence-corrected chi connectivity index (χ0v) is 9.00. The maximum atomic E-state index is 11.3. The molecule has 0 radical (unpaired) electrons. The van der Waals surface area contributed by atoms with Crippen LogP contribution in [-0.2, 0) is 16.4 Å². The summed E-state index contributed by atoms with van der Waals surface area (Å²) in [6.45, 7) is 0. The third-order valence-electron chi connectivity index (χ3n) is 2.57. The molecule has 0 saturated heterocycles. The Morgan fingerprint density at radius 1 is 1.40 bits per heavy atom. The standard InChI is InChI=1S/C10H13NO3S/c11-15(13,14)10-8(6-7-4-5-7)2-1-3-9(10)12/h1-3,7,12H,4-6H2,(H2,11,13,14). The van der Waals surface area contributed by atoms with Crippen LogP contribution < -0.4 is 5.14 Å². The predicted octanol–water partition coefficient (Wildman–Crippen LogP) is 0.992. The molecule has 82 valence electrons. The summed E-state index contributed by atoms with van der Waals surface area (Å²) in [6.07, 6.45) is 2.93. The summed E-state index contributed by atoms with van der Waals surface area (Å²) < 4.78 is 22.6. The van der Waals surface area contributed by atoms with Gasteiger partial charge >= 0.3 is 0 Å². The molecule has 4 nitrogen and oxygen atoms in total. The van der Waals surface area contributed by atoms with Crippen LogP contribution in [0.1, 0.15) is 18.4 Å². The molecule has 3 N–H and O–H groups in total. The summed E-state index contributed by atoms with van der Waals surface area (Å²) in [5.41, 5.74) is 0.625. The molecule has 0 aromatic heterocycles. The molecule has 0 unspecified atom stereocenters. The van der Waals surface area contributed by atoms with E-state index in [1.807, 2.05) is 0 Å². The van der Waals surface area contributed by atoms with Gasteiger partial charge in [0, 0.05) is 0 Å². The first-order chi connectivity index (χ1) is 6.98. The van der Waals surface area contributed by atoms with Crippen molar-refractivity contribution in [1.82, 2.24) is 0 Å². The lowest BCUT2D eigenvalue weighted by molar-refractivity contribution is 0.456. The Morgan fingerprint density at radius 2 is 2.07 bits per heavy atom. The van der Waals surface area contributed by atoms with Crippen LogP contribution in [0.3, 0.4) is 0 Å². The molecule has 1 aliphatic carbocycles. The van der Waals surface area contributed by atoms with Crippen LogP contribution in [0.2, 0.25) is 0 Å². The first kappa shape index (κ1) is 10.4. The summed E-state index contributed by atoms with van der Waals surface area (Å²) >= 11 is 0. The molecule has 0 bridgehead atoms. The fraction of sp³-hybridized carbons (Fsp3) is 0.400. The third-order valence-corrected chi connectivity index (χ3v) is 3.61. The maximum Gasteiger partial charge on any atom is 0.242 e. The Morgan fingerprint density at radius 3 is 2.60 bits per heavy atom. The second-order valence-electron chi connectivity index (χ2n) is 3.96. The second kappa shape index (κ2) is 3.50. The highest BCUT2D eigenvalue weighted by atomic mass is 32.2. The number of aromatic hydroxyl groups is 1. The van der Waals surface area contributed by atoms with E-state index in [1.165, 1.54) is 6.07 Å². The van der Waals surface area contributed by atoms with E-state index in [9.17, 15) is 13.5 Å². The first-order valence-electron chi connectivity index (χ1n) is 4.82. The van der Waals surface area contributed by atoms with Crippen molar-refractivity contribution >= 4 is 10.0 Å². The van der Waals surface area contributed by atoms with Gasteiger partial charge in [-0.3, -0.25) is 0 Å². The average Bonchev–Trinajstić information content (AvgIpc) is 2.85. The molecular formula is C10H13NO3S. The number of rotatable bonds is 3. The Labute approximate surface area is 88.8 Å². The summed E-state index contributed by atoms with van der Waals surface area (Å²) in [5, 5.41) is 14.6. The topological polar surface area (TPSA) is 80.4 Å². The minimum Gasteiger partial charge on any atom is -0.507 e. The van der Waals surface area contributed by atoms with E-state index in [0.29, 0.717) is 17.9 Å². The number of hydrogen-bond donors (Lipinski definition) is 2. The number of primary sulfonamides is 1. The van der Waals surface area contributed by atoms with Crippen LogP contribution in [0, 0.1) is 5.92 Å². The molecule has 1 aromatic rings. The van der Waals surface area contributed by atoms with Gasteiger partial charge in [-0.15, -0.1) is 0 Å². The second-order valence-corrected chi connectivity index (χ2v) is 5.46. The minimum atomic E-state index is -3.83. The van der Waals surface area contributed by atoms with Crippen molar-refractivity contribution in [2.24, 2.45) is 11.1 Å². The summed E-state index contributed by atoms with van der Waals surface area (Å²) in [5.74, 6) is 0.294. The van der Waals surface area contributed by atoms with Crippen molar-refractivity contribution in [3.05, 3.63) is 23.8 Å². The molecule has 0 amide bonds. The van der Waals surface area contributed by atoms with Crippen molar-refractivity contribution in [2.75, 3.05) is 0 Å². The van der Waals surface area contributed by atoms with E-state index < -0.39 is 10.0 Å². The van der Waals surface area contributed by atoms with Gasteiger partial charge in [0.1, 0.15) is 10.6 Å². The van der Waals surface area contributed by atoms with Gasteiger partial charge in [-0.05, 0) is 36.8 Å². The molecular weight excluding hydrogens is 214 g/mol. The fourth-order valence-corrected chi connectivity index (χ4v) is 2.57. The SMILES string of the molecule is NS(=O)(=O)c1c(O)cccc1CC1CC1. The monoisotopic (exact) mass is 227 g/mol. The van der Waals surface area contributed by atoms with E-state index in [1.54, 1.807) is 12.1 Å². The van der Waals surface area contributed by atoms with Gasteiger partial charge < -0.3 is 5.11 Å². The summed E-state index contributed by atoms with van der Waals surface area (Å²) in [4.78, 5) is -0.114. The third kappa shape index (κ3) is 2.30. The van der Waals surface area contributed by atoms with E-state index in [2.05, 4.69) is 0 Å². The Kier molecular flexibility index (Phi) is 2.44. The fourth-order valence-electron chi connectivity index (χ4n) is 1.69. The molecule has 5 heteroatoms. The van der Waals surface area contributed by atoms with Crippen LogP contribution in [0.25, 0.3) is 0 Å². The Balaban J connectivity index is 2.47. The van der Waals surface area contributed by atoms with Crippen molar-refractivity contribution in [2.45, 2.75) is 24.2 Å². The first-order valence-corrected chi connectivity index (χ1v) is 6.37. The van der Waals surface area contributed by atoms with E-state index in [0.717, 1.165) is 12.8 Å². The molecule has 15 heavy (non-hydrogen) atoms. The molecule has 1 aliphatic rings. The Bertz CT molecular complexity index is 477. The maximum absolute atomic E-state index is 11.3. The zero-order valence-electron chi connectivity index (χ0n) is 8.18. The number of hydrogen-bond acceptors (Lipinski definition) is 3. The minimum absolute atomic E-state index is 0.114. The van der Waals surface area contributed by atoms with Gasteiger partial charge in [0.05, 0.1) is 0 Å². The highest BCUT2D eigenvalue weighted by molar-refractivity contribution is 7.89. The lowest BCUT2D eigenvalue weighted by Crippen LogP contribution is -2.15. The van der Waals surface area contributed by atoms with Crippen LogP contribution in [-0.4, -0.2) is 13.5 Å². The van der Waals surface area contributed by atoms with Gasteiger partial charge in [0.15, 0.2) is 0 Å². The zero-order chi connectivity index (χ0) is 11.1. The molecule has 0 heterocycles. The van der Waals surface area contributed by atoms with Crippen LogP contribution in [0.5, 0.6) is 5.75 Å². The van der Waals surface area contributed by atoms with Crippen molar-refractivity contribution < 1.29 is 13.5 Å². The Hall–Kier alpha value is -1.07. The molecule has 0 spiro atoms. The summed E-state index contributed by atoms with van der Waals surface area (Å²) in [7, 11) is -3.83. The van der Waals surface area contributed by atoms with E-state index in [4.69, 9.17) is 5.14 Å². The highest BCUT2D eigenvalue weighted by Gasteiger charge is 2.26. The van der Waals surface area contributed by atoms with Crippen molar-refractivity contribution in [3.63, 3.8) is 0 Å². The quantitative estimate of drug-likeness (QED) is 0.808. The van der Waals surface area contributed by atoms with Crippen LogP contribution in [0.15, 0.2) is 23.1 Å². The molecule has 1 fully saturated rings. The summed E-state index contributed by atoms with van der Waals surface area (Å²) in [6, 6.07) is 4.69. The van der Waals surface area contributed by atoms with Crippen LogP contribution in [0.4, 0.5) is 0 Å².